The number of rotatable bonds is 1. The van der Waals surface area contributed by atoms with E-state index in [4.69, 9.17) is 5.73 Å². The fraction of sp³-hybridized carbons (Fsp3) is 0.333. The predicted molar refractivity (Wildman–Crippen MR) is 59.6 cm³/mol. The van der Waals surface area contributed by atoms with Gasteiger partial charge in [0.15, 0.2) is 0 Å². The molecule has 3 amide bonds. The molecule has 1 aromatic rings. The quantitative estimate of drug-likeness (QED) is 0.772. The fourth-order valence-electron chi connectivity index (χ4n) is 2.16. The molecule has 0 aromatic heterocycles. The number of primary amides is 1. The molecule has 0 radical (unpaired) electrons. The van der Waals surface area contributed by atoms with Crippen LogP contribution in [0.25, 0.3) is 0 Å². The third kappa shape index (κ3) is 1.66. The summed E-state index contributed by atoms with van der Waals surface area (Å²) in [6.07, 6.45) is 0. The van der Waals surface area contributed by atoms with Gasteiger partial charge in [0.2, 0.25) is 5.91 Å². The molecule has 4 nitrogen and oxygen atoms in total. The summed E-state index contributed by atoms with van der Waals surface area (Å²) in [7, 11) is 0. The second-order valence-electron chi connectivity index (χ2n) is 4.09. The Labute approximate surface area is 94.0 Å². The zero-order valence-corrected chi connectivity index (χ0v) is 9.09. The number of imide groups is 1. The minimum atomic E-state index is -0.657. The van der Waals surface area contributed by atoms with Crippen molar-refractivity contribution in [3.05, 3.63) is 35.9 Å². The fourth-order valence-corrected chi connectivity index (χ4v) is 2.16. The van der Waals surface area contributed by atoms with Crippen molar-refractivity contribution < 1.29 is 9.59 Å². The average molecular weight is 218 g/mol. The van der Waals surface area contributed by atoms with Gasteiger partial charge in [-0.2, -0.15) is 0 Å². The van der Waals surface area contributed by atoms with E-state index in [-0.39, 0.29) is 17.7 Å². The van der Waals surface area contributed by atoms with Crippen molar-refractivity contribution in [1.82, 2.24) is 4.90 Å². The highest BCUT2D eigenvalue weighted by atomic mass is 16.2. The number of urea groups is 1. The molecule has 4 heteroatoms. The zero-order valence-electron chi connectivity index (χ0n) is 9.09. The van der Waals surface area contributed by atoms with E-state index >= 15 is 0 Å². The molecule has 1 heterocycles. The first-order chi connectivity index (χ1) is 7.61. The molecule has 0 aliphatic carbocycles. The van der Waals surface area contributed by atoms with Gasteiger partial charge in [0.1, 0.15) is 0 Å². The number of nitrogens with two attached hydrogens (primary N) is 1. The molecular formula is C12H14N2O2. The third-order valence-electron chi connectivity index (χ3n) is 3.13. The maximum atomic E-state index is 11.8. The molecule has 2 rings (SSSR count). The van der Waals surface area contributed by atoms with Crippen molar-refractivity contribution in [3.63, 3.8) is 0 Å². The van der Waals surface area contributed by atoms with Gasteiger partial charge < -0.3 is 5.73 Å². The number of likely N-dealkylation sites (tertiary alicyclic amines) is 1. The Hall–Kier alpha value is -1.84. The van der Waals surface area contributed by atoms with E-state index in [1.165, 1.54) is 0 Å². The Morgan fingerprint density at radius 1 is 1.38 bits per heavy atom. The van der Waals surface area contributed by atoms with Crippen LogP contribution in [0.5, 0.6) is 0 Å². The normalized spacial score (nSPS) is 24.8. The topological polar surface area (TPSA) is 63.4 Å². The molecule has 2 unspecified atom stereocenters. The lowest BCUT2D eigenvalue weighted by atomic mass is 9.90. The molecule has 1 aromatic carbocycles. The van der Waals surface area contributed by atoms with Crippen LogP contribution >= 0.6 is 0 Å². The van der Waals surface area contributed by atoms with E-state index in [2.05, 4.69) is 0 Å². The largest absolute Gasteiger partial charge is 0.351 e. The van der Waals surface area contributed by atoms with Crippen LogP contribution in [-0.2, 0) is 4.79 Å². The lowest BCUT2D eigenvalue weighted by Gasteiger charge is -2.12. The molecule has 0 spiro atoms. The van der Waals surface area contributed by atoms with Gasteiger partial charge >= 0.3 is 6.03 Å². The molecule has 2 N–H and O–H groups in total. The third-order valence-corrected chi connectivity index (χ3v) is 3.13. The smallest absolute Gasteiger partial charge is 0.321 e. The maximum absolute atomic E-state index is 11.8. The molecule has 84 valence electrons. The summed E-state index contributed by atoms with van der Waals surface area (Å²) in [5, 5.41) is 0. The van der Waals surface area contributed by atoms with Crippen molar-refractivity contribution in [2.24, 2.45) is 11.7 Å². The molecule has 0 bridgehead atoms. The second kappa shape index (κ2) is 3.96. The van der Waals surface area contributed by atoms with Crippen LogP contribution in [0.2, 0.25) is 0 Å². The minimum absolute atomic E-state index is 0.0567. The second-order valence-corrected chi connectivity index (χ2v) is 4.09. The molecule has 0 saturated carbocycles. The van der Waals surface area contributed by atoms with Gasteiger partial charge in [-0.05, 0) is 5.56 Å². The lowest BCUT2D eigenvalue weighted by Crippen LogP contribution is -2.37. The zero-order chi connectivity index (χ0) is 11.7. The molecule has 2 atom stereocenters. The Bertz CT molecular complexity index is 416. The van der Waals surface area contributed by atoms with Crippen LogP contribution in [0, 0.1) is 5.92 Å². The van der Waals surface area contributed by atoms with Gasteiger partial charge in [0.25, 0.3) is 0 Å². The number of carbonyl (C=O) groups excluding carboxylic acids is 2. The van der Waals surface area contributed by atoms with Crippen LogP contribution < -0.4 is 5.73 Å². The highest BCUT2D eigenvalue weighted by molar-refractivity contribution is 5.97. The summed E-state index contributed by atoms with van der Waals surface area (Å²) >= 11 is 0. The summed E-state index contributed by atoms with van der Waals surface area (Å²) < 4.78 is 0. The lowest BCUT2D eigenvalue weighted by molar-refractivity contribution is -0.128. The van der Waals surface area contributed by atoms with Crippen LogP contribution in [-0.4, -0.2) is 23.4 Å². The van der Waals surface area contributed by atoms with E-state index in [1.807, 2.05) is 37.3 Å². The van der Waals surface area contributed by atoms with Crippen LogP contribution in [0.1, 0.15) is 18.4 Å². The number of nitrogens with zero attached hydrogens (tertiary/aromatic N) is 1. The number of hydrogen-bond acceptors (Lipinski definition) is 2. The molecule has 16 heavy (non-hydrogen) atoms. The van der Waals surface area contributed by atoms with Crippen molar-refractivity contribution in [3.8, 4) is 0 Å². The standard InChI is InChI=1S/C12H14N2O2/c1-8-10(9-5-3-2-4-6-9)7-14(11(8)15)12(13)16/h2-6,8,10H,7H2,1H3,(H2,13,16). The van der Waals surface area contributed by atoms with E-state index in [1.54, 1.807) is 0 Å². The van der Waals surface area contributed by atoms with E-state index in [0.717, 1.165) is 10.5 Å². The number of hydrogen-bond donors (Lipinski definition) is 1. The Morgan fingerprint density at radius 2 is 2.00 bits per heavy atom. The van der Waals surface area contributed by atoms with Crippen molar-refractivity contribution in [2.45, 2.75) is 12.8 Å². The molecular weight excluding hydrogens is 204 g/mol. The first-order valence-electron chi connectivity index (χ1n) is 5.27. The summed E-state index contributed by atoms with van der Waals surface area (Å²) in [5.41, 5.74) is 6.23. The average Bonchev–Trinajstić information content (AvgIpc) is 2.58. The highest BCUT2D eigenvalue weighted by Gasteiger charge is 2.40. The van der Waals surface area contributed by atoms with E-state index in [9.17, 15) is 9.59 Å². The summed E-state index contributed by atoms with van der Waals surface area (Å²) in [6, 6.07) is 9.07. The molecule has 1 saturated heterocycles. The first-order valence-corrected chi connectivity index (χ1v) is 5.27. The minimum Gasteiger partial charge on any atom is -0.351 e. The van der Waals surface area contributed by atoms with Gasteiger partial charge in [-0.3, -0.25) is 9.69 Å². The molecule has 1 fully saturated rings. The maximum Gasteiger partial charge on any atom is 0.321 e. The first kappa shape index (κ1) is 10.7. The summed E-state index contributed by atoms with van der Waals surface area (Å²) in [5.74, 6) is -0.308. The highest BCUT2D eigenvalue weighted by Crippen LogP contribution is 2.32. The Morgan fingerprint density at radius 3 is 2.50 bits per heavy atom. The SMILES string of the molecule is CC1C(=O)N(C(N)=O)CC1c1ccccc1. The van der Waals surface area contributed by atoms with Gasteiger partial charge in [-0.1, -0.05) is 37.3 Å². The Kier molecular flexibility index (Phi) is 2.64. The number of amides is 3. The van der Waals surface area contributed by atoms with Crippen LogP contribution in [0.4, 0.5) is 4.79 Å². The molecule has 1 aliphatic rings. The van der Waals surface area contributed by atoms with Crippen LogP contribution in [0.3, 0.4) is 0 Å². The molecule has 1 aliphatic heterocycles. The number of carbonyl (C=O) groups is 2. The predicted octanol–water partition coefficient (Wildman–Crippen LogP) is 1.33. The van der Waals surface area contributed by atoms with Gasteiger partial charge in [-0.15, -0.1) is 0 Å². The van der Waals surface area contributed by atoms with Crippen molar-refractivity contribution in [2.75, 3.05) is 6.54 Å². The van der Waals surface area contributed by atoms with Crippen LogP contribution in [0.15, 0.2) is 30.3 Å². The van der Waals surface area contributed by atoms with Gasteiger partial charge in [0.05, 0.1) is 0 Å². The Balaban J connectivity index is 2.26. The summed E-state index contributed by atoms with van der Waals surface area (Å²) in [4.78, 5) is 23.9. The van der Waals surface area contributed by atoms with E-state index < -0.39 is 6.03 Å². The van der Waals surface area contributed by atoms with E-state index in [0.29, 0.717) is 6.54 Å². The van der Waals surface area contributed by atoms with Gasteiger partial charge in [0, 0.05) is 18.4 Å². The van der Waals surface area contributed by atoms with Crippen molar-refractivity contribution in [1.29, 1.82) is 0 Å². The van der Waals surface area contributed by atoms with Gasteiger partial charge in [-0.25, -0.2) is 4.79 Å². The number of benzene rings is 1. The summed E-state index contributed by atoms with van der Waals surface area (Å²) in [6.45, 7) is 2.22. The monoisotopic (exact) mass is 218 g/mol. The van der Waals surface area contributed by atoms with Crippen molar-refractivity contribution >= 4 is 11.9 Å².